The van der Waals surface area contributed by atoms with Gasteiger partial charge in [0.05, 0.1) is 29.6 Å². The third-order valence-electron chi connectivity index (χ3n) is 5.75. The van der Waals surface area contributed by atoms with Crippen molar-refractivity contribution in [1.29, 1.82) is 0 Å². The highest BCUT2D eigenvalue weighted by atomic mass is 32.1. The van der Waals surface area contributed by atoms with E-state index in [1.54, 1.807) is 18.0 Å². The van der Waals surface area contributed by atoms with Gasteiger partial charge >= 0.3 is 0 Å². The number of benzene rings is 1. The molecule has 0 saturated heterocycles. The topological polar surface area (TPSA) is 119 Å². The lowest BCUT2D eigenvalue weighted by molar-refractivity contribution is 0.116. The number of thiazole rings is 1. The van der Waals surface area contributed by atoms with Gasteiger partial charge in [-0.25, -0.2) is 15.0 Å². The molecule has 1 aliphatic rings. The highest BCUT2D eigenvalue weighted by Gasteiger charge is 2.24. The summed E-state index contributed by atoms with van der Waals surface area (Å²) in [5.41, 5.74) is 1.50. The second-order valence-corrected chi connectivity index (χ2v) is 9.28. The van der Waals surface area contributed by atoms with Crippen LogP contribution in [-0.2, 0) is 13.7 Å². The van der Waals surface area contributed by atoms with E-state index in [-0.39, 0.29) is 18.8 Å². The fraction of sp³-hybridized carbons (Fsp3) is 0.391. The van der Waals surface area contributed by atoms with Crippen molar-refractivity contribution in [2.45, 2.75) is 44.4 Å². The van der Waals surface area contributed by atoms with E-state index in [4.69, 9.17) is 14.5 Å². The highest BCUT2D eigenvalue weighted by Crippen LogP contribution is 2.37. The van der Waals surface area contributed by atoms with Crippen molar-refractivity contribution in [2.75, 3.05) is 17.7 Å². The number of fused-ring (bicyclic) bond motifs is 1. The molecular formula is C23H27N7O3S. The smallest absolute Gasteiger partial charge is 0.228 e. The van der Waals surface area contributed by atoms with E-state index in [2.05, 4.69) is 25.7 Å². The van der Waals surface area contributed by atoms with Gasteiger partial charge in [0.2, 0.25) is 5.95 Å². The standard InChI is InChI=1S/C23H27N7O3S/c1-30-10-8-20(29-30)27-22-24-9-7-14(25-22)13-33-15-11-18(32-2)21-19(12-15)34-23(28-21)26-16-5-3-4-6-17(16)31/h7-12,16-17,31H,3-6,13H2,1-2H3,(H,26,28)(H,24,25,27,29)/t16-,17-/m0/s1. The second-order valence-electron chi connectivity index (χ2n) is 8.25. The number of aryl methyl sites for hydroxylation is 1. The van der Waals surface area contributed by atoms with E-state index >= 15 is 0 Å². The van der Waals surface area contributed by atoms with Gasteiger partial charge in [-0.15, -0.1) is 0 Å². The van der Waals surface area contributed by atoms with Crippen molar-refractivity contribution in [3.8, 4) is 11.5 Å². The summed E-state index contributed by atoms with van der Waals surface area (Å²) in [6, 6.07) is 7.47. The molecule has 3 N–H and O–H groups in total. The van der Waals surface area contributed by atoms with Gasteiger partial charge in [0.1, 0.15) is 23.6 Å². The minimum Gasteiger partial charge on any atom is -0.494 e. The van der Waals surface area contributed by atoms with Crippen molar-refractivity contribution >= 4 is 38.5 Å². The summed E-state index contributed by atoms with van der Waals surface area (Å²) in [4.78, 5) is 13.5. The molecule has 5 rings (SSSR count). The predicted octanol–water partition coefficient (Wildman–Crippen LogP) is 3.87. The number of methoxy groups -OCH3 is 1. The largest absolute Gasteiger partial charge is 0.494 e. The average Bonchev–Trinajstić information content (AvgIpc) is 3.44. The molecule has 2 atom stereocenters. The maximum Gasteiger partial charge on any atom is 0.228 e. The first-order valence-corrected chi connectivity index (χ1v) is 12.0. The summed E-state index contributed by atoms with van der Waals surface area (Å²) in [6.45, 7) is 0.270. The molecule has 1 aliphatic carbocycles. The summed E-state index contributed by atoms with van der Waals surface area (Å²) < 4.78 is 14.3. The average molecular weight is 482 g/mol. The van der Waals surface area contributed by atoms with Crippen LogP contribution in [0.15, 0.2) is 36.7 Å². The molecule has 0 spiro atoms. The molecule has 1 aromatic carbocycles. The molecule has 178 valence electrons. The van der Waals surface area contributed by atoms with Crippen molar-refractivity contribution in [3.05, 3.63) is 42.4 Å². The van der Waals surface area contributed by atoms with Gasteiger partial charge in [0, 0.05) is 31.6 Å². The zero-order chi connectivity index (χ0) is 23.5. The van der Waals surface area contributed by atoms with Crippen LogP contribution in [0, 0.1) is 0 Å². The minimum atomic E-state index is -0.341. The van der Waals surface area contributed by atoms with Crippen LogP contribution in [0.3, 0.4) is 0 Å². The highest BCUT2D eigenvalue weighted by molar-refractivity contribution is 7.22. The van der Waals surface area contributed by atoms with Crippen LogP contribution in [0.5, 0.6) is 11.5 Å². The summed E-state index contributed by atoms with van der Waals surface area (Å²) in [5.74, 6) is 2.43. The van der Waals surface area contributed by atoms with Crippen LogP contribution >= 0.6 is 11.3 Å². The van der Waals surface area contributed by atoms with E-state index in [1.807, 2.05) is 37.5 Å². The first kappa shape index (κ1) is 22.4. The quantitative estimate of drug-likeness (QED) is 0.344. The Morgan fingerprint density at radius 1 is 1.21 bits per heavy atom. The number of aromatic nitrogens is 5. The lowest BCUT2D eigenvalue weighted by Gasteiger charge is -2.27. The van der Waals surface area contributed by atoms with Crippen LogP contribution in [0.25, 0.3) is 10.2 Å². The molecule has 0 bridgehead atoms. The van der Waals surface area contributed by atoms with Gasteiger partial charge in [0.15, 0.2) is 10.9 Å². The molecule has 34 heavy (non-hydrogen) atoms. The van der Waals surface area contributed by atoms with Crippen molar-refractivity contribution < 1.29 is 14.6 Å². The molecule has 0 amide bonds. The Morgan fingerprint density at radius 2 is 2.09 bits per heavy atom. The number of hydrogen-bond acceptors (Lipinski definition) is 10. The van der Waals surface area contributed by atoms with Gasteiger partial charge in [-0.3, -0.25) is 4.68 Å². The van der Waals surface area contributed by atoms with Gasteiger partial charge < -0.3 is 25.2 Å². The maximum atomic E-state index is 10.3. The SMILES string of the molecule is COc1cc(OCc2ccnc(Nc3ccn(C)n3)n2)cc2sc(N[C@H]3CCCC[C@@H]3O)nc12. The summed E-state index contributed by atoms with van der Waals surface area (Å²) in [5, 5.41) is 21.8. The minimum absolute atomic E-state index is 0.0303. The third kappa shape index (κ3) is 5.05. The number of nitrogens with zero attached hydrogens (tertiary/aromatic N) is 5. The molecule has 3 aromatic heterocycles. The molecule has 1 saturated carbocycles. The van der Waals surface area contributed by atoms with Crippen molar-refractivity contribution in [1.82, 2.24) is 24.7 Å². The third-order valence-corrected chi connectivity index (χ3v) is 6.68. The summed E-state index contributed by atoms with van der Waals surface area (Å²) >= 11 is 1.53. The number of ether oxygens (including phenoxy) is 2. The zero-order valence-corrected chi connectivity index (χ0v) is 19.9. The number of aliphatic hydroxyl groups is 1. The summed E-state index contributed by atoms with van der Waals surface area (Å²) in [6.07, 6.45) is 7.14. The van der Waals surface area contributed by atoms with E-state index in [0.29, 0.717) is 23.3 Å². The monoisotopic (exact) mass is 481 g/mol. The fourth-order valence-corrected chi connectivity index (χ4v) is 4.98. The molecule has 0 radical (unpaired) electrons. The number of anilines is 3. The molecule has 11 heteroatoms. The lowest BCUT2D eigenvalue weighted by Crippen LogP contribution is -2.36. The number of aliphatic hydroxyl groups excluding tert-OH is 1. The Hall–Kier alpha value is -3.44. The molecule has 0 unspecified atom stereocenters. The Kier molecular flexibility index (Phi) is 6.45. The second kappa shape index (κ2) is 9.82. The van der Waals surface area contributed by atoms with Gasteiger partial charge in [0.25, 0.3) is 0 Å². The normalized spacial score (nSPS) is 18.1. The van der Waals surface area contributed by atoms with Crippen LogP contribution in [-0.4, -0.2) is 49.1 Å². The van der Waals surface area contributed by atoms with Crippen molar-refractivity contribution in [2.24, 2.45) is 7.05 Å². The predicted molar refractivity (Wildman–Crippen MR) is 131 cm³/mol. The number of nitrogens with one attached hydrogen (secondary N) is 2. The van der Waals surface area contributed by atoms with E-state index in [0.717, 1.165) is 46.7 Å². The Bertz CT molecular complexity index is 1270. The van der Waals surface area contributed by atoms with E-state index < -0.39 is 0 Å². The van der Waals surface area contributed by atoms with Crippen LogP contribution in [0.1, 0.15) is 31.4 Å². The lowest BCUT2D eigenvalue weighted by atomic mass is 9.93. The first-order chi connectivity index (χ1) is 16.6. The maximum absolute atomic E-state index is 10.3. The van der Waals surface area contributed by atoms with E-state index in [9.17, 15) is 5.11 Å². The molecule has 10 nitrogen and oxygen atoms in total. The van der Waals surface area contributed by atoms with Crippen LogP contribution in [0.2, 0.25) is 0 Å². The van der Waals surface area contributed by atoms with Gasteiger partial charge in [-0.1, -0.05) is 24.2 Å². The van der Waals surface area contributed by atoms with Gasteiger partial charge in [-0.05, 0) is 25.0 Å². The molecular weight excluding hydrogens is 454 g/mol. The Labute approximate surface area is 201 Å². The molecule has 4 aromatic rings. The molecule has 1 fully saturated rings. The first-order valence-electron chi connectivity index (χ1n) is 11.2. The number of hydrogen-bond donors (Lipinski definition) is 3. The Balaban J connectivity index is 1.29. The fourth-order valence-electron chi connectivity index (χ4n) is 4.00. The van der Waals surface area contributed by atoms with E-state index in [1.165, 1.54) is 11.3 Å². The van der Waals surface area contributed by atoms with Gasteiger partial charge in [-0.2, -0.15) is 5.10 Å². The zero-order valence-electron chi connectivity index (χ0n) is 19.1. The van der Waals surface area contributed by atoms with Crippen molar-refractivity contribution in [3.63, 3.8) is 0 Å². The summed E-state index contributed by atoms with van der Waals surface area (Å²) in [7, 11) is 3.47. The van der Waals surface area contributed by atoms with Crippen LogP contribution in [0.4, 0.5) is 16.9 Å². The number of rotatable bonds is 8. The molecule has 0 aliphatic heterocycles. The Morgan fingerprint density at radius 3 is 2.88 bits per heavy atom. The molecule has 3 heterocycles. The van der Waals surface area contributed by atoms with Crippen LogP contribution < -0.4 is 20.1 Å².